The van der Waals surface area contributed by atoms with Crippen molar-refractivity contribution in [1.82, 2.24) is 20.0 Å². The van der Waals surface area contributed by atoms with Crippen molar-refractivity contribution < 1.29 is 17.9 Å². The first-order chi connectivity index (χ1) is 11.8. The van der Waals surface area contributed by atoms with Crippen molar-refractivity contribution in [3.8, 4) is 11.6 Å². The van der Waals surface area contributed by atoms with E-state index in [0.717, 1.165) is 17.8 Å². The summed E-state index contributed by atoms with van der Waals surface area (Å²) in [6.07, 6.45) is 1.53. The molecule has 3 rings (SSSR count). The predicted molar refractivity (Wildman–Crippen MR) is 84.2 cm³/mol. The van der Waals surface area contributed by atoms with Crippen molar-refractivity contribution in [3.63, 3.8) is 0 Å². The van der Waals surface area contributed by atoms with Gasteiger partial charge in [0.25, 0.3) is 5.92 Å². The molecule has 2 heterocycles. The Hall–Kier alpha value is -2.90. The van der Waals surface area contributed by atoms with E-state index in [1.54, 1.807) is 6.07 Å². The highest BCUT2D eigenvalue weighted by molar-refractivity contribution is 5.37. The molecule has 8 heteroatoms. The number of halogens is 3. The Kier molecular flexibility index (Phi) is 4.43. The molecule has 0 N–H and O–H groups in total. The summed E-state index contributed by atoms with van der Waals surface area (Å²) in [7, 11) is 0. The summed E-state index contributed by atoms with van der Waals surface area (Å²) in [4.78, 5) is 4.20. The van der Waals surface area contributed by atoms with Gasteiger partial charge in [-0.25, -0.2) is 22.8 Å². The standard InChI is InChI=1S/C17H15F3N4O/c1-11-4-3-5-16(21-11)25-10-12-9-24(23-22-12)13-6-7-15(18)14(8-13)17(2,19)20/h3-9H,10H2,1-2H3. The van der Waals surface area contributed by atoms with Gasteiger partial charge in [-0.05, 0) is 31.2 Å². The molecule has 130 valence electrons. The smallest absolute Gasteiger partial charge is 0.273 e. The first kappa shape index (κ1) is 16.9. The lowest BCUT2D eigenvalue weighted by Crippen LogP contribution is -2.11. The van der Waals surface area contributed by atoms with Crippen LogP contribution < -0.4 is 4.74 Å². The molecule has 2 aromatic heterocycles. The van der Waals surface area contributed by atoms with Crippen LogP contribution in [0.15, 0.2) is 42.6 Å². The lowest BCUT2D eigenvalue weighted by atomic mass is 10.1. The van der Waals surface area contributed by atoms with Crippen LogP contribution in [0.25, 0.3) is 5.69 Å². The molecule has 0 amide bonds. The van der Waals surface area contributed by atoms with Gasteiger partial charge in [0.1, 0.15) is 18.1 Å². The van der Waals surface area contributed by atoms with E-state index >= 15 is 0 Å². The summed E-state index contributed by atoms with van der Waals surface area (Å²) in [6, 6.07) is 8.77. The fourth-order valence-electron chi connectivity index (χ4n) is 2.23. The summed E-state index contributed by atoms with van der Waals surface area (Å²) in [5.74, 6) is -3.81. The Morgan fingerprint density at radius 1 is 1.20 bits per heavy atom. The van der Waals surface area contributed by atoms with Crippen molar-refractivity contribution in [2.45, 2.75) is 26.4 Å². The predicted octanol–water partition coefficient (Wildman–Crippen LogP) is 3.80. The molecule has 0 unspecified atom stereocenters. The summed E-state index contributed by atoms with van der Waals surface area (Å²) >= 11 is 0. The Labute approximate surface area is 142 Å². The first-order valence-electron chi connectivity index (χ1n) is 7.49. The van der Waals surface area contributed by atoms with Gasteiger partial charge < -0.3 is 4.74 Å². The van der Waals surface area contributed by atoms with Crippen LogP contribution in [-0.2, 0) is 12.5 Å². The number of benzene rings is 1. The zero-order valence-corrected chi connectivity index (χ0v) is 13.6. The molecule has 1 aromatic carbocycles. The molecule has 25 heavy (non-hydrogen) atoms. The number of hydrogen-bond donors (Lipinski definition) is 0. The van der Waals surface area contributed by atoms with E-state index in [4.69, 9.17) is 4.74 Å². The zero-order chi connectivity index (χ0) is 18.0. The third-order valence-corrected chi connectivity index (χ3v) is 3.46. The highest BCUT2D eigenvalue weighted by atomic mass is 19.3. The second kappa shape index (κ2) is 6.54. The largest absolute Gasteiger partial charge is 0.471 e. The van der Waals surface area contributed by atoms with Gasteiger partial charge in [-0.15, -0.1) is 5.10 Å². The van der Waals surface area contributed by atoms with E-state index in [0.29, 0.717) is 18.5 Å². The number of hydrogen-bond acceptors (Lipinski definition) is 4. The SMILES string of the molecule is Cc1cccc(OCc2cn(-c3ccc(F)c(C(C)(F)F)c3)nn2)n1. The van der Waals surface area contributed by atoms with Crippen molar-refractivity contribution in [2.24, 2.45) is 0 Å². The van der Waals surface area contributed by atoms with E-state index in [1.165, 1.54) is 16.9 Å². The average Bonchev–Trinajstić information content (AvgIpc) is 3.01. The molecule has 0 saturated heterocycles. The fourth-order valence-corrected chi connectivity index (χ4v) is 2.23. The van der Waals surface area contributed by atoms with Gasteiger partial charge in [-0.1, -0.05) is 11.3 Å². The van der Waals surface area contributed by atoms with Crippen molar-refractivity contribution in [3.05, 3.63) is 65.4 Å². The number of pyridine rings is 1. The van der Waals surface area contributed by atoms with Crippen LogP contribution in [0.5, 0.6) is 5.88 Å². The highest BCUT2D eigenvalue weighted by Gasteiger charge is 2.28. The maximum absolute atomic E-state index is 13.6. The van der Waals surface area contributed by atoms with Crippen molar-refractivity contribution in [1.29, 1.82) is 0 Å². The van der Waals surface area contributed by atoms with Crippen molar-refractivity contribution in [2.75, 3.05) is 0 Å². The third kappa shape index (κ3) is 3.96. The third-order valence-electron chi connectivity index (χ3n) is 3.46. The lowest BCUT2D eigenvalue weighted by molar-refractivity contribution is 0.0137. The van der Waals surface area contributed by atoms with Gasteiger partial charge in [-0.2, -0.15) is 0 Å². The van der Waals surface area contributed by atoms with Gasteiger partial charge >= 0.3 is 0 Å². The summed E-state index contributed by atoms with van der Waals surface area (Å²) in [5.41, 5.74) is 0.894. The van der Waals surface area contributed by atoms with Gasteiger partial charge in [0.15, 0.2) is 0 Å². The fraction of sp³-hybridized carbons (Fsp3) is 0.235. The van der Waals surface area contributed by atoms with Crippen LogP contribution in [0.3, 0.4) is 0 Å². The Bertz CT molecular complexity index is 890. The molecule has 0 spiro atoms. The van der Waals surface area contributed by atoms with Crippen LogP contribution >= 0.6 is 0 Å². The second-order valence-corrected chi connectivity index (χ2v) is 5.61. The summed E-state index contributed by atoms with van der Waals surface area (Å²) < 4.78 is 47.3. The number of nitrogens with zero attached hydrogens (tertiary/aromatic N) is 4. The molecular weight excluding hydrogens is 333 g/mol. The minimum absolute atomic E-state index is 0.119. The number of aromatic nitrogens is 4. The normalized spacial score (nSPS) is 11.6. The maximum Gasteiger partial charge on any atom is 0.273 e. The highest BCUT2D eigenvalue weighted by Crippen LogP contribution is 2.30. The zero-order valence-electron chi connectivity index (χ0n) is 13.6. The molecule has 0 atom stereocenters. The number of rotatable bonds is 5. The number of aryl methyl sites for hydroxylation is 1. The van der Waals surface area contributed by atoms with E-state index in [1.807, 2.05) is 19.1 Å². The Morgan fingerprint density at radius 2 is 2.00 bits per heavy atom. The van der Waals surface area contributed by atoms with Gasteiger partial charge in [-0.3, -0.25) is 0 Å². The minimum Gasteiger partial charge on any atom is -0.471 e. The van der Waals surface area contributed by atoms with Crippen LogP contribution in [0.1, 0.15) is 23.9 Å². The van der Waals surface area contributed by atoms with Crippen LogP contribution in [0.4, 0.5) is 13.2 Å². The monoisotopic (exact) mass is 348 g/mol. The van der Waals surface area contributed by atoms with E-state index in [-0.39, 0.29) is 12.3 Å². The molecule has 0 aliphatic heterocycles. The van der Waals surface area contributed by atoms with Crippen LogP contribution in [0, 0.1) is 12.7 Å². The molecule has 5 nitrogen and oxygen atoms in total. The van der Waals surface area contributed by atoms with Gasteiger partial charge in [0.05, 0.1) is 17.4 Å². The van der Waals surface area contributed by atoms with E-state index < -0.39 is 17.3 Å². The Morgan fingerprint density at radius 3 is 2.72 bits per heavy atom. The van der Waals surface area contributed by atoms with Crippen molar-refractivity contribution >= 4 is 0 Å². The molecule has 0 aliphatic rings. The quantitative estimate of drug-likeness (QED) is 0.704. The first-order valence-corrected chi connectivity index (χ1v) is 7.49. The van der Waals surface area contributed by atoms with Gasteiger partial charge in [0, 0.05) is 18.7 Å². The van der Waals surface area contributed by atoms with E-state index in [2.05, 4.69) is 15.3 Å². The maximum atomic E-state index is 13.6. The summed E-state index contributed by atoms with van der Waals surface area (Å²) in [6.45, 7) is 2.61. The van der Waals surface area contributed by atoms with E-state index in [9.17, 15) is 13.2 Å². The van der Waals surface area contributed by atoms with Gasteiger partial charge in [0.2, 0.25) is 5.88 Å². The summed E-state index contributed by atoms with van der Waals surface area (Å²) in [5, 5.41) is 7.79. The molecule has 0 saturated carbocycles. The van der Waals surface area contributed by atoms with Crippen LogP contribution in [0.2, 0.25) is 0 Å². The molecule has 0 bridgehead atoms. The molecule has 0 aliphatic carbocycles. The number of ether oxygens (including phenoxy) is 1. The number of alkyl halides is 2. The molecule has 3 aromatic rings. The molecule has 0 fully saturated rings. The molecular formula is C17H15F3N4O. The second-order valence-electron chi connectivity index (χ2n) is 5.61. The van der Waals surface area contributed by atoms with Crippen LogP contribution in [-0.4, -0.2) is 20.0 Å². The molecule has 0 radical (unpaired) electrons. The lowest BCUT2D eigenvalue weighted by Gasteiger charge is -2.12. The average molecular weight is 348 g/mol. The topological polar surface area (TPSA) is 52.8 Å². The minimum atomic E-state index is -3.29. The Balaban J connectivity index is 1.77.